The molecule has 4 atom stereocenters. The van der Waals surface area contributed by atoms with Crippen molar-refractivity contribution in [3.8, 4) is 0 Å². The molecule has 0 aliphatic carbocycles. The Balaban J connectivity index is 1.94. The van der Waals surface area contributed by atoms with Gasteiger partial charge in [0.05, 0.1) is 37.9 Å². The Morgan fingerprint density at radius 2 is 2.35 bits per heavy atom. The molecule has 2 saturated heterocycles. The van der Waals surface area contributed by atoms with Crippen LogP contribution in [0.25, 0.3) is 0 Å². The number of ether oxygens (including phenoxy) is 4. The van der Waals surface area contributed by atoms with Crippen molar-refractivity contribution in [2.24, 2.45) is 11.8 Å². The molecule has 0 N–H and O–H groups in total. The van der Waals surface area contributed by atoms with Gasteiger partial charge in [-0.1, -0.05) is 0 Å². The number of methoxy groups -OCH3 is 1. The average molecular weight is 240 g/mol. The number of rotatable bonds is 1. The Bertz CT molecular complexity index is 401. The van der Waals surface area contributed by atoms with E-state index in [2.05, 4.69) is 4.74 Å². The highest BCUT2D eigenvalue weighted by Gasteiger charge is 2.53. The van der Waals surface area contributed by atoms with Gasteiger partial charge in [-0.15, -0.1) is 0 Å². The Morgan fingerprint density at radius 3 is 3.12 bits per heavy atom. The van der Waals surface area contributed by atoms with Crippen LogP contribution >= 0.6 is 0 Å². The van der Waals surface area contributed by atoms with E-state index in [1.165, 1.54) is 13.4 Å². The van der Waals surface area contributed by atoms with Crippen LogP contribution in [0.3, 0.4) is 0 Å². The number of carbonyl (C=O) groups excluding carboxylic acids is 2. The van der Waals surface area contributed by atoms with Crippen LogP contribution in [0.2, 0.25) is 0 Å². The van der Waals surface area contributed by atoms with Crippen LogP contribution in [0.1, 0.15) is 6.42 Å². The standard InChI is InChI=1S/C11H12O6/c1-14-10(13)6-3-15-11-9-5(6)2-8(12)17-7(9)4-16-11/h3,5,7,9,11H,2,4H2,1H3/t5-,7+,9?,11-/m1/s1. The van der Waals surface area contributed by atoms with E-state index in [0.717, 1.165) is 0 Å². The van der Waals surface area contributed by atoms with E-state index >= 15 is 0 Å². The van der Waals surface area contributed by atoms with Gasteiger partial charge in [-0.2, -0.15) is 0 Å². The van der Waals surface area contributed by atoms with Crippen LogP contribution in [-0.4, -0.2) is 38.0 Å². The van der Waals surface area contributed by atoms with Gasteiger partial charge in [0.15, 0.2) is 0 Å². The molecule has 3 heterocycles. The van der Waals surface area contributed by atoms with Crippen molar-refractivity contribution in [1.82, 2.24) is 0 Å². The molecule has 17 heavy (non-hydrogen) atoms. The summed E-state index contributed by atoms with van der Waals surface area (Å²) in [6, 6.07) is 0. The fraction of sp³-hybridized carbons (Fsp3) is 0.636. The summed E-state index contributed by atoms with van der Waals surface area (Å²) in [5.74, 6) is -1.10. The molecule has 6 heteroatoms. The quantitative estimate of drug-likeness (QED) is 0.600. The van der Waals surface area contributed by atoms with Crippen LogP contribution in [0.4, 0.5) is 0 Å². The summed E-state index contributed by atoms with van der Waals surface area (Å²) in [6.45, 7) is 0.319. The largest absolute Gasteiger partial charge is 0.471 e. The van der Waals surface area contributed by atoms with E-state index in [1.807, 2.05) is 0 Å². The average Bonchev–Trinajstić information content (AvgIpc) is 2.73. The van der Waals surface area contributed by atoms with E-state index < -0.39 is 12.3 Å². The monoisotopic (exact) mass is 240 g/mol. The minimum absolute atomic E-state index is 0.105. The van der Waals surface area contributed by atoms with Gasteiger partial charge in [0.1, 0.15) is 6.10 Å². The van der Waals surface area contributed by atoms with Gasteiger partial charge in [0.2, 0.25) is 6.29 Å². The molecule has 0 spiro atoms. The van der Waals surface area contributed by atoms with E-state index in [0.29, 0.717) is 12.2 Å². The van der Waals surface area contributed by atoms with E-state index in [1.54, 1.807) is 0 Å². The minimum Gasteiger partial charge on any atom is -0.471 e. The normalized spacial score (nSPS) is 38.6. The first kappa shape index (κ1) is 10.6. The van der Waals surface area contributed by atoms with Crippen LogP contribution in [0.15, 0.2) is 11.8 Å². The summed E-state index contributed by atoms with van der Waals surface area (Å²) in [5.41, 5.74) is 0.390. The zero-order chi connectivity index (χ0) is 12.0. The molecule has 3 aliphatic rings. The molecule has 1 unspecified atom stereocenters. The minimum atomic E-state index is -0.464. The number of hydrogen-bond acceptors (Lipinski definition) is 6. The molecule has 0 radical (unpaired) electrons. The SMILES string of the molecule is COC(=O)C1=CO[C@@H]2OC[C@@H]3OC(=O)C[C@H]1C23. The number of carbonyl (C=O) groups is 2. The van der Waals surface area contributed by atoms with Crippen LogP contribution in [-0.2, 0) is 28.5 Å². The molecule has 0 saturated carbocycles. The molecule has 3 rings (SSSR count). The smallest absolute Gasteiger partial charge is 0.337 e. The zero-order valence-electron chi connectivity index (χ0n) is 9.25. The summed E-state index contributed by atoms with van der Waals surface area (Å²) in [7, 11) is 1.30. The van der Waals surface area contributed by atoms with E-state index in [-0.39, 0.29) is 30.3 Å². The van der Waals surface area contributed by atoms with Gasteiger partial charge in [-0.3, -0.25) is 4.79 Å². The molecular weight excluding hydrogens is 228 g/mol. The molecule has 92 valence electrons. The van der Waals surface area contributed by atoms with Crippen molar-refractivity contribution in [3.63, 3.8) is 0 Å². The second-order valence-electron chi connectivity index (χ2n) is 4.32. The molecule has 2 fully saturated rings. The second-order valence-corrected chi connectivity index (χ2v) is 4.32. The Hall–Kier alpha value is -1.56. The summed E-state index contributed by atoms with van der Waals surface area (Å²) in [4.78, 5) is 23.1. The van der Waals surface area contributed by atoms with Gasteiger partial charge < -0.3 is 18.9 Å². The third kappa shape index (κ3) is 1.51. The van der Waals surface area contributed by atoms with Gasteiger partial charge in [0.25, 0.3) is 0 Å². The fourth-order valence-corrected chi connectivity index (χ4v) is 2.67. The summed E-state index contributed by atoms with van der Waals surface area (Å²) < 4.78 is 20.6. The number of esters is 2. The summed E-state index contributed by atoms with van der Waals surface area (Å²) >= 11 is 0. The summed E-state index contributed by atoms with van der Waals surface area (Å²) in [6.07, 6.45) is 0.773. The third-order valence-corrected chi connectivity index (χ3v) is 3.45. The topological polar surface area (TPSA) is 71.1 Å². The van der Waals surface area contributed by atoms with Crippen molar-refractivity contribution in [2.75, 3.05) is 13.7 Å². The summed E-state index contributed by atoms with van der Waals surface area (Å²) in [5, 5.41) is 0. The molecule has 3 aliphatic heterocycles. The van der Waals surface area contributed by atoms with Gasteiger partial charge in [0, 0.05) is 5.92 Å². The maximum absolute atomic E-state index is 11.6. The van der Waals surface area contributed by atoms with Crippen molar-refractivity contribution >= 4 is 11.9 Å². The Kier molecular flexibility index (Phi) is 2.32. The number of hydrogen-bond donors (Lipinski definition) is 0. The highest BCUT2D eigenvalue weighted by molar-refractivity contribution is 5.90. The molecular formula is C11H12O6. The molecule has 0 aromatic heterocycles. The first-order valence-corrected chi connectivity index (χ1v) is 5.45. The van der Waals surface area contributed by atoms with Crippen LogP contribution in [0, 0.1) is 11.8 Å². The Morgan fingerprint density at radius 1 is 1.53 bits per heavy atom. The predicted octanol–water partition coefficient (Wildman–Crippen LogP) is -0.0223. The molecule has 0 amide bonds. The maximum atomic E-state index is 11.6. The lowest BCUT2D eigenvalue weighted by molar-refractivity contribution is -0.166. The molecule has 6 nitrogen and oxygen atoms in total. The van der Waals surface area contributed by atoms with Crippen molar-refractivity contribution in [2.45, 2.75) is 18.8 Å². The van der Waals surface area contributed by atoms with Crippen molar-refractivity contribution in [3.05, 3.63) is 11.8 Å². The van der Waals surface area contributed by atoms with Crippen LogP contribution in [0.5, 0.6) is 0 Å². The molecule has 0 aromatic rings. The molecule has 0 bridgehead atoms. The van der Waals surface area contributed by atoms with E-state index in [4.69, 9.17) is 14.2 Å². The lowest BCUT2D eigenvalue weighted by atomic mass is 9.78. The first-order chi connectivity index (χ1) is 8.20. The first-order valence-electron chi connectivity index (χ1n) is 5.45. The van der Waals surface area contributed by atoms with Crippen LogP contribution < -0.4 is 0 Å². The Labute approximate surface area is 97.5 Å². The molecule has 0 aromatic carbocycles. The second kappa shape index (κ2) is 3.73. The highest BCUT2D eigenvalue weighted by Crippen LogP contribution is 2.43. The predicted molar refractivity (Wildman–Crippen MR) is 52.4 cm³/mol. The lowest BCUT2D eigenvalue weighted by Crippen LogP contribution is -2.45. The third-order valence-electron chi connectivity index (χ3n) is 3.45. The lowest BCUT2D eigenvalue weighted by Gasteiger charge is -2.37. The van der Waals surface area contributed by atoms with Crippen molar-refractivity contribution < 1.29 is 28.5 Å². The maximum Gasteiger partial charge on any atom is 0.337 e. The highest BCUT2D eigenvalue weighted by atomic mass is 16.7. The zero-order valence-corrected chi connectivity index (χ0v) is 9.25. The van der Waals surface area contributed by atoms with Gasteiger partial charge in [-0.05, 0) is 0 Å². The van der Waals surface area contributed by atoms with Gasteiger partial charge >= 0.3 is 11.9 Å². The van der Waals surface area contributed by atoms with Crippen molar-refractivity contribution in [1.29, 1.82) is 0 Å². The van der Waals surface area contributed by atoms with Gasteiger partial charge in [-0.25, -0.2) is 4.79 Å². The fourth-order valence-electron chi connectivity index (χ4n) is 2.67. The van der Waals surface area contributed by atoms with E-state index in [9.17, 15) is 9.59 Å².